The highest BCUT2D eigenvalue weighted by atomic mass is 16.5. The second kappa shape index (κ2) is 5.24. The number of nitrogens with two attached hydrogens (primary N) is 2. The Bertz CT molecular complexity index is 350. The number of hydrogen-bond acceptors (Lipinski definition) is 4. The number of rotatable bonds is 4. The van der Waals surface area contributed by atoms with Gasteiger partial charge >= 0.3 is 5.97 Å². The van der Waals surface area contributed by atoms with E-state index in [1.54, 1.807) is 18.2 Å². The van der Waals surface area contributed by atoms with Crippen LogP contribution in [0, 0.1) is 0 Å². The quantitative estimate of drug-likeness (QED) is 0.578. The molecule has 0 aromatic heterocycles. The van der Waals surface area contributed by atoms with Gasteiger partial charge in [-0.2, -0.15) is 0 Å². The smallest absolute Gasteiger partial charge is 0.310 e. The fourth-order valence-corrected chi connectivity index (χ4v) is 1.20. The fraction of sp³-hybridized carbons (Fsp3) is 0.364. The first-order chi connectivity index (χ1) is 7.13. The molecule has 1 aromatic carbocycles. The summed E-state index contributed by atoms with van der Waals surface area (Å²) in [6, 6.07) is 5.11. The SMILES string of the molecule is CCCOC(=O)Cc1ccc(N)cc1N. The highest BCUT2D eigenvalue weighted by Crippen LogP contribution is 2.16. The third kappa shape index (κ3) is 3.50. The summed E-state index contributed by atoms with van der Waals surface area (Å²) in [4.78, 5) is 11.3. The zero-order chi connectivity index (χ0) is 11.3. The molecule has 0 unspecified atom stereocenters. The van der Waals surface area contributed by atoms with Crippen LogP contribution in [0.1, 0.15) is 18.9 Å². The van der Waals surface area contributed by atoms with Crippen molar-refractivity contribution in [1.82, 2.24) is 0 Å². The third-order valence-electron chi connectivity index (χ3n) is 1.97. The number of anilines is 2. The maximum Gasteiger partial charge on any atom is 0.310 e. The minimum absolute atomic E-state index is 0.201. The molecule has 4 nitrogen and oxygen atoms in total. The van der Waals surface area contributed by atoms with Gasteiger partial charge in [0.1, 0.15) is 0 Å². The summed E-state index contributed by atoms with van der Waals surface area (Å²) in [6.45, 7) is 2.40. The molecule has 82 valence electrons. The number of benzene rings is 1. The van der Waals surface area contributed by atoms with Gasteiger partial charge in [0.15, 0.2) is 0 Å². The predicted molar refractivity (Wildman–Crippen MR) is 60.2 cm³/mol. The lowest BCUT2D eigenvalue weighted by Gasteiger charge is -2.06. The molecule has 0 heterocycles. The van der Waals surface area contributed by atoms with Crippen molar-refractivity contribution in [3.8, 4) is 0 Å². The summed E-state index contributed by atoms with van der Waals surface area (Å²) < 4.78 is 4.95. The van der Waals surface area contributed by atoms with E-state index >= 15 is 0 Å². The topological polar surface area (TPSA) is 78.3 Å². The maximum absolute atomic E-state index is 11.3. The summed E-state index contributed by atoms with van der Waals surface area (Å²) in [5, 5.41) is 0. The molecule has 0 saturated heterocycles. The van der Waals surface area contributed by atoms with Gasteiger partial charge in [0.25, 0.3) is 0 Å². The highest BCUT2D eigenvalue weighted by Gasteiger charge is 2.07. The Hall–Kier alpha value is -1.71. The summed E-state index contributed by atoms with van der Waals surface area (Å²) in [6.07, 6.45) is 1.02. The molecule has 4 heteroatoms. The second-order valence-electron chi connectivity index (χ2n) is 3.36. The fourth-order valence-electron chi connectivity index (χ4n) is 1.20. The van der Waals surface area contributed by atoms with Crippen LogP contribution >= 0.6 is 0 Å². The minimum Gasteiger partial charge on any atom is -0.465 e. The lowest BCUT2D eigenvalue weighted by atomic mass is 10.1. The molecule has 0 spiro atoms. The maximum atomic E-state index is 11.3. The van der Waals surface area contributed by atoms with Gasteiger partial charge in [-0.15, -0.1) is 0 Å². The number of carbonyl (C=O) groups excluding carboxylic acids is 1. The summed E-state index contributed by atoms with van der Waals surface area (Å²) in [5.41, 5.74) is 13.1. The average molecular weight is 208 g/mol. The predicted octanol–water partition coefficient (Wildman–Crippen LogP) is 1.35. The van der Waals surface area contributed by atoms with E-state index in [1.165, 1.54) is 0 Å². The lowest BCUT2D eigenvalue weighted by molar-refractivity contribution is -0.142. The van der Waals surface area contributed by atoms with Crippen LogP contribution in [0.2, 0.25) is 0 Å². The van der Waals surface area contributed by atoms with Crippen LogP contribution < -0.4 is 11.5 Å². The molecule has 0 aliphatic heterocycles. The van der Waals surface area contributed by atoms with Crippen LogP contribution in [0.15, 0.2) is 18.2 Å². The van der Waals surface area contributed by atoms with Crippen LogP contribution in [0.5, 0.6) is 0 Å². The molecule has 0 saturated carbocycles. The van der Waals surface area contributed by atoms with Gasteiger partial charge in [-0.3, -0.25) is 4.79 Å². The lowest BCUT2D eigenvalue weighted by Crippen LogP contribution is -2.10. The van der Waals surface area contributed by atoms with E-state index in [9.17, 15) is 4.79 Å². The highest BCUT2D eigenvalue weighted by molar-refractivity contribution is 5.75. The van der Waals surface area contributed by atoms with Crippen molar-refractivity contribution in [3.63, 3.8) is 0 Å². The molecule has 4 N–H and O–H groups in total. The van der Waals surface area contributed by atoms with Gasteiger partial charge in [0, 0.05) is 11.4 Å². The molecule has 0 aliphatic rings. The van der Waals surface area contributed by atoms with Crippen molar-refractivity contribution in [2.24, 2.45) is 0 Å². The van der Waals surface area contributed by atoms with Crippen LogP contribution in [-0.4, -0.2) is 12.6 Å². The van der Waals surface area contributed by atoms with Gasteiger partial charge in [0.05, 0.1) is 13.0 Å². The van der Waals surface area contributed by atoms with E-state index in [-0.39, 0.29) is 12.4 Å². The van der Waals surface area contributed by atoms with E-state index in [4.69, 9.17) is 16.2 Å². The first kappa shape index (κ1) is 11.4. The zero-order valence-corrected chi connectivity index (χ0v) is 8.82. The van der Waals surface area contributed by atoms with Gasteiger partial charge < -0.3 is 16.2 Å². The third-order valence-corrected chi connectivity index (χ3v) is 1.97. The molecule has 0 fully saturated rings. The number of esters is 1. The molecule has 0 radical (unpaired) electrons. The first-order valence-electron chi connectivity index (χ1n) is 4.93. The van der Waals surface area contributed by atoms with Crippen LogP contribution in [-0.2, 0) is 16.0 Å². The number of ether oxygens (including phenoxy) is 1. The van der Waals surface area contributed by atoms with E-state index in [0.29, 0.717) is 18.0 Å². The van der Waals surface area contributed by atoms with Crippen molar-refractivity contribution >= 4 is 17.3 Å². The average Bonchev–Trinajstić information content (AvgIpc) is 2.19. The Morgan fingerprint density at radius 3 is 2.73 bits per heavy atom. The van der Waals surface area contributed by atoms with Crippen molar-refractivity contribution < 1.29 is 9.53 Å². The molecule has 0 amide bonds. The number of hydrogen-bond donors (Lipinski definition) is 2. The van der Waals surface area contributed by atoms with E-state index in [0.717, 1.165) is 12.0 Å². The van der Waals surface area contributed by atoms with Crippen LogP contribution in [0.25, 0.3) is 0 Å². The monoisotopic (exact) mass is 208 g/mol. The van der Waals surface area contributed by atoms with Crippen molar-refractivity contribution in [2.75, 3.05) is 18.1 Å². The Labute approximate surface area is 89.2 Å². The standard InChI is InChI=1S/C11H16N2O2/c1-2-5-15-11(14)6-8-3-4-9(12)7-10(8)13/h3-4,7H,2,5-6,12-13H2,1H3. The van der Waals surface area contributed by atoms with Crippen LogP contribution in [0.4, 0.5) is 11.4 Å². The Balaban J connectivity index is 2.60. The summed E-state index contributed by atoms with van der Waals surface area (Å²) in [7, 11) is 0. The van der Waals surface area contributed by atoms with Gasteiger partial charge in [-0.1, -0.05) is 13.0 Å². The largest absolute Gasteiger partial charge is 0.465 e. The number of nitrogen functional groups attached to an aromatic ring is 2. The van der Waals surface area contributed by atoms with Crippen LogP contribution in [0.3, 0.4) is 0 Å². The van der Waals surface area contributed by atoms with Gasteiger partial charge in [-0.25, -0.2) is 0 Å². The Kier molecular flexibility index (Phi) is 3.97. The molecule has 0 aliphatic carbocycles. The van der Waals surface area contributed by atoms with Crippen molar-refractivity contribution in [1.29, 1.82) is 0 Å². The van der Waals surface area contributed by atoms with Crippen molar-refractivity contribution in [3.05, 3.63) is 23.8 Å². The molecule has 1 aromatic rings. The van der Waals surface area contributed by atoms with E-state index in [2.05, 4.69) is 0 Å². The molecule has 1 rings (SSSR count). The molecular formula is C11H16N2O2. The van der Waals surface area contributed by atoms with E-state index < -0.39 is 0 Å². The summed E-state index contributed by atoms with van der Waals surface area (Å²) >= 11 is 0. The molecule has 0 atom stereocenters. The second-order valence-corrected chi connectivity index (χ2v) is 3.36. The molecular weight excluding hydrogens is 192 g/mol. The first-order valence-corrected chi connectivity index (χ1v) is 4.93. The normalized spacial score (nSPS) is 9.93. The molecule has 0 bridgehead atoms. The van der Waals surface area contributed by atoms with Gasteiger partial charge in [0.2, 0.25) is 0 Å². The zero-order valence-electron chi connectivity index (χ0n) is 8.82. The van der Waals surface area contributed by atoms with E-state index in [1.807, 2.05) is 6.92 Å². The number of carbonyl (C=O) groups is 1. The van der Waals surface area contributed by atoms with Crippen molar-refractivity contribution in [2.45, 2.75) is 19.8 Å². The van der Waals surface area contributed by atoms with Gasteiger partial charge in [-0.05, 0) is 24.1 Å². The summed E-state index contributed by atoms with van der Waals surface area (Å²) in [5.74, 6) is -0.256. The Morgan fingerprint density at radius 2 is 2.13 bits per heavy atom. The Morgan fingerprint density at radius 1 is 1.40 bits per heavy atom. The minimum atomic E-state index is -0.256. The molecule has 15 heavy (non-hydrogen) atoms.